The number of nitrogens with two attached hydrogens (primary N) is 1. The summed E-state index contributed by atoms with van der Waals surface area (Å²) in [6.45, 7) is 0. The SMILES string of the molecule is COC(=O)c1ccnc(Sc2ncccc2N)c1. The van der Waals surface area contributed by atoms with Crippen LogP contribution in [0.15, 0.2) is 46.7 Å². The quantitative estimate of drug-likeness (QED) is 0.851. The molecule has 0 aromatic carbocycles. The third-order valence-electron chi connectivity index (χ3n) is 2.16. The molecule has 92 valence electrons. The van der Waals surface area contributed by atoms with Gasteiger partial charge in [0.1, 0.15) is 10.1 Å². The monoisotopic (exact) mass is 261 g/mol. The molecule has 2 N–H and O–H groups in total. The Morgan fingerprint density at radius 1 is 1.33 bits per heavy atom. The lowest BCUT2D eigenvalue weighted by Crippen LogP contribution is -2.01. The Kier molecular flexibility index (Phi) is 3.78. The maximum absolute atomic E-state index is 11.4. The number of anilines is 1. The van der Waals surface area contributed by atoms with E-state index < -0.39 is 5.97 Å². The summed E-state index contributed by atoms with van der Waals surface area (Å²) in [7, 11) is 1.34. The van der Waals surface area contributed by atoms with Crippen molar-refractivity contribution in [3.05, 3.63) is 42.2 Å². The molecule has 0 aliphatic carbocycles. The Bertz CT molecular complexity index is 575. The van der Waals surface area contributed by atoms with E-state index in [0.717, 1.165) is 0 Å². The Morgan fingerprint density at radius 3 is 2.89 bits per heavy atom. The number of pyridine rings is 2. The second-order valence-electron chi connectivity index (χ2n) is 3.37. The first-order valence-electron chi connectivity index (χ1n) is 5.13. The van der Waals surface area contributed by atoms with E-state index in [0.29, 0.717) is 21.3 Å². The van der Waals surface area contributed by atoms with E-state index in [1.165, 1.54) is 18.9 Å². The van der Waals surface area contributed by atoms with Crippen molar-refractivity contribution < 1.29 is 9.53 Å². The molecule has 2 heterocycles. The van der Waals surface area contributed by atoms with Gasteiger partial charge in [0.2, 0.25) is 0 Å². The van der Waals surface area contributed by atoms with E-state index in [2.05, 4.69) is 14.7 Å². The fourth-order valence-electron chi connectivity index (χ4n) is 1.30. The molecule has 5 nitrogen and oxygen atoms in total. The Balaban J connectivity index is 2.25. The molecule has 0 unspecified atom stereocenters. The highest BCUT2D eigenvalue weighted by Crippen LogP contribution is 2.28. The number of carbonyl (C=O) groups excluding carboxylic acids is 1. The highest BCUT2D eigenvalue weighted by Gasteiger charge is 2.09. The van der Waals surface area contributed by atoms with Gasteiger partial charge in [-0.3, -0.25) is 0 Å². The Hall–Kier alpha value is -2.08. The molecule has 18 heavy (non-hydrogen) atoms. The van der Waals surface area contributed by atoms with Gasteiger partial charge in [-0.1, -0.05) is 0 Å². The van der Waals surface area contributed by atoms with Crippen LogP contribution in [0.3, 0.4) is 0 Å². The van der Waals surface area contributed by atoms with Gasteiger partial charge in [-0.25, -0.2) is 14.8 Å². The minimum atomic E-state index is -0.395. The highest BCUT2D eigenvalue weighted by atomic mass is 32.2. The number of carbonyl (C=O) groups is 1. The van der Waals surface area contributed by atoms with Crippen LogP contribution in [0.25, 0.3) is 0 Å². The first kappa shape index (κ1) is 12.4. The topological polar surface area (TPSA) is 78.1 Å². The largest absolute Gasteiger partial charge is 0.465 e. The van der Waals surface area contributed by atoms with Crippen LogP contribution in [0.4, 0.5) is 5.69 Å². The van der Waals surface area contributed by atoms with Crippen molar-refractivity contribution in [1.29, 1.82) is 0 Å². The zero-order valence-electron chi connectivity index (χ0n) is 9.66. The number of methoxy groups -OCH3 is 1. The highest BCUT2D eigenvalue weighted by molar-refractivity contribution is 7.99. The minimum Gasteiger partial charge on any atom is -0.465 e. The third kappa shape index (κ3) is 2.78. The first-order valence-corrected chi connectivity index (χ1v) is 5.95. The number of nitrogens with zero attached hydrogens (tertiary/aromatic N) is 2. The maximum Gasteiger partial charge on any atom is 0.337 e. The van der Waals surface area contributed by atoms with Crippen LogP contribution in [0.5, 0.6) is 0 Å². The average Bonchev–Trinajstić information content (AvgIpc) is 2.41. The zero-order chi connectivity index (χ0) is 13.0. The predicted octanol–water partition coefficient (Wildman–Crippen LogP) is 2.00. The smallest absolute Gasteiger partial charge is 0.337 e. The third-order valence-corrected chi connectivity index (χ3v) is 3.12. The second-order valence-corrected chi connectivity index (χ2v) is 4.38. The van der Waals surface area contributed by atoms with Gasteiger partial charge < -0.3 is 10.5 Å². The van der Waals surface area contributed by atoms with E-state index in [-0.39, 0.29) is 0 Å². The van der Waals surface area contributed by atoms with Gasteiger partial charge in [0.15, 0.2) is 0 Å². The summed E-state index contributed by atoms with van der Waals surface area (Å²) in [5.74, 6) is -0.395. The summed E-state index contributed by atoms with van der Waals surface area (Å²) < 4.78 is 4.65. The van der Waals surface area contributed by atoms with Gasteiger partial charge in [-0.2, -0.15) is 0 Å². The number of rotatable bonds is 3. The fourth-order valence-corrected chi connectivity index (χ4v) is 2.09. The van der Waals surface area contributed by atoms with Crippen LogP contribution in [0, 0.1) is 0 Å². The summed E-state index contributed by atoms with van der Waals surface area (Å²) in [5, 5.41) is 1.30. The molecule has 0 aliphatic rings. The van der Waals surface area contributed by atoms with Gasteiger partial charge in [0.05, 0.1) is 18.4 Å². The van der Waals surface area contributed by atoms with Crippen molar-refractivity contribution in [3.63, 3.8) is 0 Å². The molecule has 0 saturated heterocycles. The average molecular weight is 261 g/mol. The van der Waals surface area contributed by atoms with Crippen LogP contribution in [-0.2, 0) is 4.74 Å². The lowest BCUT2D eigenvalue weighted by molar-refractivity contribution is 0.0600. The molecule has 0 radical (unpaired) electrons. The van der Waals surface area contributed by atoms with Gasteiger partial charge in [0.25, 0.3) is 0 Å². The van der Waals surface area contributed by atoms with Crippen LogP contribution in [0.1, 0.15) is 10.4 Å². The summed E-state index contributed by atoms with van der Waals surface area (Å²) >= 11 is 1.30. The summed E-state index contributed by atoms with van der Waals surface area (Å²) in [5.41, 5.74) is 6.81. The van der Waals surface area contributed by atoms with E-state index in [1.54, 1.807) is 36.7 Å². The minimum absolute atomic E-state index is 0.395. The first-order chi connectivity index (χ1) is 8.70. The molecular formula is C12H11N3O2S. The van der Waals surface area contributed by atoms with E-state index in [4.69, 9.17) is 5.73 Å². The molecule has 6 heteroatoms. The van der Waals surface area contributed by atoms with Crippen molar-refractivity contribution >= 4 is 23.4 Å². The van der Waals surface area contributed by atoms with Crippen molar-refractivity contribution in [1.82, 2.24) is 9.97 Å². The number of hydrogen-bond donors (Lipinski definition) is 1. The van der Waals surface area contributed by atoms with Gasteiger partial charge in [0, 0.05) is 12.4 Å². The standard InChI is InChI=1S/C12H11N3O2S/c1-17-12(16)8-4-6-14-10(7-8)18-11-9(13)3-2-5-15-11/h2-7H,13H2,1H3. The lowest BCUT2D eigenvalue weighted by atomic mass is 10.3. The number of nitrogen functional groups attached to an aromatic ring is 1. The molecule has 0 aliphatic heterocycles. The molecule has 2 aromatic heterocycles. The van der Waals surface area contributed by atoms with Gasteiger partial charge in [-0.05, 0) is 36.0 Å². The molecule has 2 rings (SSSR count). The molecule has 2 aromatic rings. The fraction of sp³-hybridized carbons (Fsp3) is 0.0833. The Labute approximate surface area is 108 Å². The van der Waals surface area contributed by atoms with E-state index in [9.17, 15) is 4.79 Å². The second kappa shape index (κ2) is 5.50. The lowest BCUT2D eigenvalue weighted by Gasteiger charge is -2.04. The number of esters is 1. The van der Waals surface area contributed by atoms with E-state index >= 15 is 0 Å². The molecule has 0 bridgehead atoms. The summed E-state index contributed by atoms with van der Waals surface area (Å²) in [6, 6.07) is 6.76. The van der Waals surface area contributed by atoms with Crippen LogP contribution in [-0.4, -0.2) is 23.0 Å². The van der Waals surface area contributed by atoms with Gasteiger partial charge in [-0.15, -0.1) is 0 Å². The summed E-state index contributed by atoms with van der Waals surface area (Å²) in [6.07, 6.45) is 3.20. The molecule has 0 atom stereocenters. The van der Waals surface area contributed by atoms with Crippen molar-refractivity contribution in [2.24, 2.45) is 0 Å². The van der Waals surface area contributed by atoms with Crippen LogP contribution in [0.2, 0.25) is 0 Å². The predicted molar refractivity (Wildman–Crippen MR) is 68.3 cm³/mol. The van der Waals surface area contributed by atoms with Crippen LogP contribution < -0.4 is 5.73 Å². The number of hydrogen-bond acceptors (Lipinski definition) is 6. The maximum atomic E-state index is 11.4. The number of ether oxygens (including phenoxy) is 1. The van der Waals surface area contributed by atoms with E-state index in [1.807, 2.05) is 0 Å². The molecule has 0 saturated carbocycles. The van der Waals surface area contributed by atoms with Crippen molar-refractivity contribution in [3.8, 4) is 0 Å². The molecular weight excluding hydrogens is 250 g/mol. The normalized spacial score (nSPS) is 10.1. The molecule has 0 fully saturated rings. The van der Waals surface area contributed by atoms with Crippen molar-refractivity contribution in [2.45, 2.75) is 10.1 Å². The summed E-state index contributed by atoms with van der Waals surface area (Å²) in [4.78, 5) is 19.7. The molecule has 0 amide bonds. The Morgan fingerprint density at radius 2 is 2.17 bits per heavy atom. The molecule has 0 spiro atoms. The number of aromatic nitrogens is 2. The van der Waals surface area contributed by atoms with Crippen molar-refractivity contribution in [2.75, 3.05) is 12.8 Å². The van der Waals surface area contributed by atoms with Gasteiger partial charge >= 0.3 is 5.97 Å². The zero-order valence-corrected chi connectivity index (χ0v) is 10.5. The van der Waals surface area contributed by atoms with Crippen LogP contribution >= 0.6 is 11.8 Å².